The minimum atomic E-state index is -0.620. The summed E-state index contributed by atoms with van der Waals surface area (Å²) in [5.74, 6) is 1.07. The third kappa shape index (κ3) is 5.92. The van der Waals surface area contributed by atoms with Crippen LogP contribution < -0.4 is 5.32 Å². The van der Waals surface area contributed by atoms with Gasteiger partial charge in [0.2, 0.25) is 0 Å². The number of aldehydes is 1. The Labute approximate surface area is 229 Å². The summed E-state index contributed by atoms with van der Waals surface area (Å²) < 4.78 is 11.5. The Hall–Kier alpha value is -3.62. The van der Waals surface area contributed by atoms with Crippen LogP contribution in [0.5, 0.6) is 0 Å². The number of thiazole rings is 1. The Balaban J connectivity index is 1.27. The van der Waals surface area contributed by atoms with Gasteiger partial charge in [-0.2, -0.15) is 11.8 Å². The molecule has 0 radical (unpaired) electrons. The highest BCUT2D eigenvalue weighted by Gasteiger charge is 2.19. The number of amides is 1. The number of ether oxygens (including phenoxy) is 1. The number of benzene rings is 3. The van der Waals surface area contributed by atoms with E-state index in [1.54, 1.807) is 43.9 Å². The molecule has 6 nitrogen and oxygen atoms in total. The molecule has 8 heteroatoms. The highest BCUT2D eigenvalue weighted by atomic mass is 32.2. The molecule has 0 bridgehead atoms. The average Bonchev–Trinajstić information content (AvgIpc) is 3.52. The molecule has 2 aromatic heterocycles. The molecule has 38 heavy (non-hydrogen) atoms. The monoisotopic (exact) mass is 544 g/mol. The third-order valence-corrected chi connectivity index (χ3v) is 7.83. The van der Waals surface area contributed by atoms with E-state index in [0.717, 1.165) is 55.6 Å². The summed E-state index contributed by atoms with van der Waals surface area (Å²) in [4.78, 5) is 28.2. The highest BCUT2D eigenvalue weighted by molar-refractivity contribution is 7.98. The van der Waals surface area contributed by atoms with Crippen LogP contribution in [0.25, 0.3) is 43.6 Å². The van der Waals surface area contributed by atoms with Gasteiger partial charge in [0.1, 0.15) is 28.1 Å². The van der Waals surface area contributed by atoms with E-state index in [0.29, 0.717) is 11.5 Å². The Kier molecular flexibility index (Phi) is 7.53. The van der Waals surface area contributed by atoms with Crippen molar-refractivity contribution in [1.82, 2.24) is 10.3 Å². The van der Waals surface area contributed by atoms with E-state index in [2.05, 4.69) is 47.8 Å². The molecule has 0 aliphatic carbocycles. The standard InChI is InChI=1S/C30H28N2O4S2/c1-30(2,3)36-29(34)32-21(15-33)16-37-17-22-18-38-28(31-22)20-9-6-8-19(14-20)23-11-7-12-25-24-10-4-5-13-26(24)35-27(23)25/h4-15,18,21H,16-17H2,1-3H3,(H,32,34). The van der Waals surface area contributed by atoms with Gasteiger partial charge < -0.3 is 19.3 Å². The second-order valence-corrected chi connectivity index (χ2v) is 11.8. The van der Waals surface area contributed by atoms with E-state index in [1.165, 1.54) is 0 Å². The minimum Gasteiger partial charge on any atom is -0.455 e. The van der Waals surface area contributed by atoms with Crippen LogP contribution >= 0.6 is 23.1 Å². The summed E-state index contributed by atoms with van der Waals surface area (Å²) >= 11 is 3.13. The van der Waals surface area contributed by atoms with Gasteiger partial charge in [-0.05, 0) is 38.5 Å². The van der Waals surface area contributed by atoms with Gasteiger partial charge in [0, 0.05) is 38.8 Å². The van der Waals surface area contributed by atoms with Crippen LogP contribution in [0.3, 0.4) is 0 Å². The molecule has 5 rings (SSSR count). The predicted molar refractivity (Wildman–Crippen MR) is 156 cm³/mol. The van der Waals surface area contributed by atoms with Crippen LogP contribution in [0.1, 0.15) is 26.5 Å². The maximum atomic E-state index is 12.0. The minimum absolute atomic E-state index is 0.437. The van der Waals surface area contributed by atoms with Crippen molar-refractivity contribution in [3.63, 3.8) is 0 Å². The number of hydrogen-bond donors (Lipinski definition) is 1. The lowest BCUT2D eigenvalue weighted by Gasteiger charge is -2.21. The van der Waals surface area contributed by atoms with Crippen LogP contribution in [-0.4, -0.2) is 34.8 Å². The Morgan fingerprint density at radius 1 is 1.08 bits per heavy atom. The number of nitrogens with zero attached hydrogens (tertiary/aromatic N) is 1. The molecule has 0 fully saturated rings. The van der Waals surface area contributed by atoms with Crippen LogP contribution in [0, 0.1) is 0 Å². The first kappa shape index (κ1) is 26.0. The van der Waals surface area contributed by atoms with Crippen molar-refractivity contribution in [3.05, 3.63) is 77.8 Å². The van der Waals surface area contributed by atoms with E-state index >= 15 is 0 Å². The molecule has 2 heterocycles. The summed E-state index contributed by atoms with van der Waals surface area (Å²) in [6.45, 7) is 5.35. The summed E-state index contributed by atoms with van der Waals surface area (Å²) in [7, 11) is 0. The van der Waals surface area contributed by atoms with Crippen LogP contribution in [0.15, 0.2) is 76.5 Å². The van der Waals surface area contributed by atoms with E-state index in [4.69, 9.17) is 14.1 Å². The number of carbonyl (C=O) groups is 2. The van der Waals surface area contributed by atoms with Crippen molar-refractivity contribution in [2.24, 2.45) is 0 Å². The van der Waals surface area contributed by atoms with Gasteiger partial charge in [-0.1, -0.05) is 54.6 Å². The molecule has 5 aromatic rings. The molecule has 1 amide bonds. The fourth-order valence-corrected chi connectivity index (χ4v) is 5.98. The zero-order chi connectivity index (χ0) is 26.7. The van der Waals surface area contributed by atoms with Gasteiger partial charge in [0.15, 0.2) is 0 Å². The molecule has 0 saturated carbocycles. The molecule has 0 saturated heterocycles. The summed E-state index contributed by atoms with van der Waals surface area (Å²) in [6, 6.07) is 22.1. The lowest BCUT2D eigenvalue weighted by molar-refractivity contribution is -0.109. The van der Waals surface area contributed by atoms with Gasteiger partial charge in [-0.25, -0.2) is 9.78 Å². The summed E-state index contributed by atoms with van der Waals surface area (Å²) in [5, 5.41) is 7.79. The number of alkyl carbamates (subject to hydrolysis) is 1. The molecule has 0 aliphatic rings. The Morgan fingerprint density at radius 2 is 1.84 bits per heavy atom. The van der Waals surface area contributed by atoms with Gasteiger partial charge in [-0.3, -0.25) is 0 Å². The fourth-order valence-electron chi connectivity index (χ4n) is 4.16. The van der Waals surface area contributed by atoms with Crippen LogP contribution in [0.2, 0.25) is 0 Å². The second-order valence-electron chi connectivity index (χ2n) is 9.91. The highest BCUT2D eigenvalue weighted by Crippen LogP contribution is 2.37. The molecule has 3 aromatic carbocycles. The van der Waals surface area contributed by atoms with Crippen molar-refractivity contribution in [2.45, 2.75) is 38.2 Å². The zero-order valence-corrected chi connectivity index (χ0v) is 23.0. The normalized spacial score (nSPS) is 12.5. The van der Waals surface area contributed by atoms with Gasteiger partial charge in [0.05, 0.1) is 11.7 Å². The number of rotatable bonds is 8. The quantitative estimate of drug-likeness (QED) is 0.202. The Bertz CT molecular complexity index is 1600. The van der Waals surface area contributed by atoms with Gasteiger partial charge in [0.25, 0.3) is 0 Å². The number of aromatic nitrogens is 1. The number of furan rings is 1. The molecule has 0 spiro atoms. The topological polar surface area (TPSA) is 81.4 Å². The van der Waals surface area contributed by atoms with Crippen LogP contribution in [-0.2, 0) is 15.3 Å². The van der Waals surface area contributed by atoms with E-state index < -0.39 is 17.7 Å². The number of para-hydroxylation sites is 2. The van der Waals surface area contributed by atoms with Crippen molar-refractivity contribution >= 4 is 57.4 Å². The van der Waals surface area contributed by atoms with Crippen molar-refractivity contribution in [1.29, 1.82) is 0 Å². The molecular weight excluding hydrogens is 516 g/mol. The van der Waals surface area contributed by atoms with E-state index in [1.807, 2.05) is 29.6 Å². The molecule has 1 atom stereocenters. The molecule has 1 unspecified atom stereocenters. The summed E-state index contributed by atoms with van der Waals surface area (Å²) in [5.41, 5.74) is 5.23. The summed E-state index contributed by atoms with van der Waals surface area (Å²) in [6.07, 6.45) is 0.140. The lowest BCUT2D eigenvalue weighted by Crippen LogP contribution is -2.41. The van der Waals surface area contributed by atoms with E-state index in [9.17, 15) is 9.59 Å². The number of carbonyl (C=O) groups excluding carboxylic acids is 2. The Morgan fingerprint density at radius 3 is 2.66 bits per heavy atom. The fraction of sp³-hybridized carbons (Fsp3) is 0.233. The SMILES string of the molecule is CC(C)(C)OC(=O)NC(C=O)CSCc1csc(-c2cccc(-c3cccc4c3oc3ccccc34)c2)n1. The number of nitrogens with one attached hydrogen (secondary N) is 1. The molecule has 1 N–H and O–H groups in total. The predicted octanol–water partition coefficient (Wildman–Crippen LogP) is 7.70. The first-order valence-corrected chi connectivity index (χ1v) is 14.3. The van der Waals surface area contributed by atoms with Gasteiger partial charge in [-0.15, -0.1) is 11.3 Å². The van der Waals surface area contributed by atoms with Crippen molar-refractivity contribution < 1.29 is 18.7 Å². The third-order valence-electron chi connectivity index (χ3n) is 5.79. The number of thioether (sulfide) groups is 1. The average molecular weight is 545 g/mol. The van der Waals surface area contributed by atoms with Crippen LogP contribution in [0.4, 0.5) is 4.79 Å². The number of hydrogen-bond acceptors (Lipinski definition) is 7. The smallest absolute Gasteiger partial charge is 0.408 e. The first-order valence-electron chi connectivity index (χ1n) is 12.3. The zero-order valence-electron chi connectivity index (χ0n) is 21.4. The largest absolute Gasteiger partial charge is 0.455 e. The van der Waals surface area contributed by atoms with E-state index in [-0.39, 0.29) is 0 Å². The molecule has 194 valence electrons. The van der Waals surface area contributed by atoms with Crippen molar-refractivity contribution in [3.8, 4) is 21.7 Å². The molecular formula is C30H28N2O4S2. The van der Waals surface area contributed by atoms with Crippen molar-refractivity contribution in [2.75, 3.05) is 5.75 Å². The maximum absolute atomic E-state index is 12.0. The lowest BCUT2D eigenvalue weighted by atomic mass is 10.0. The van der Waals surface area contributed by atoms with Gasteiger partial charge >= 0.3 is 6.09 Å². The number of fused-ring (bicyclic) bond motifs is 3. The second kappa shape index (κ2) is 11.0. The maximum Gasteiger partial charge on any atom is 0.408 e. The first-order chi connectivity index (χ1) is 18.3. The molecule has 0 aliphatic heterocycles.